The maximum Gasteiger partial charge on any atom is 0.258 e. The molecule has 29 heavy (non-hydrogen) atoms. The molecule has 1 saturated heterocycles. The second kappa shape index (κ2) is 8.87. The van der Waals surface area contributed by atoms with E-state index in [1.54, 1.807) is 24.3 Å². The van der Waals surface area contributed by atoms with Gasteiger partial charge >= 0.3 is 0 Å². The average molecular weight is 393 g/mol. The Bertz CT molecular complexity index is 1060. The number of carbonyl (C=O) groups excluding carboxylic acids is 1. The minimum Gasteiger partial charge on any atom is -0.491 e. The number of H-pyrrole nitrogens is 1. The smallest absolute Gasteiger partial charge is 0.258 e. The van der Waals surface area contributed by atoms with Gasteiger partial charge in [0.2, 0.25) is 5.91 Å². The maximum atomic E-state index is 12.3. The highest BCUT2D eigenvalue weighted by Crippen LogP contribution is 2.20. The molecule has 4 rings (SSSR count). The molecular formula is C22H23N3O4. The Balaban J connectivity index is 1.32. The summed E-state index contributed by atoms with van der Waals surface area (Å²) >= 11 is 0. The molecular weight excluding hydrogens is 370 g/mol. The van der Waals surface area contributed by atoms with Crippen molar-refractivity contribution >= 4 is 22.5 Å². The van der Waals surface area contributed by atoms with Crippen molar-refractivity contribution in [3.05, 3.63) is 64.7 Å². The van der Waals surface area contributed by atoms with Gasteiger partial charge in [0.25, 0.3) is 5.56 Å². The first-order valence-electron chi connectivity index (χ1n) is 9.79. The van der Waals surface area contributed by atoms with Crippen LogP contribution in [0.4, 0.5) is 5.69 Å². The van der Waals surface area contributed by atoms with E-state index in [1.165, 1.54) is 0 Å². The number of anilines is 1. The van der Waals surface area contributed by atoms with Crippen LogP contribution in [0.15, 0.2) is 53.3 Å². The number of fused-ring (bicyclic) bond motifs is 1. The zero-order chi connectivity index (χ0) is 20.1. The van der Waals surface area contributed by atoms with Crippen molar-refractivity contribution in [1.82, 2.24) is 9.97 Å². The molecule has 1 unspecified atom stereocenters. The standard InChI is InChI=1S/C22H23N3O4/c26-21(11-10-20-24-19-9-2-1-8-18(19)22(27)25-20)23-15-5-3-6-16(13-15)29-14-17-7-4-12-28-17/h1-3,5-6,8-9,13,17H,4,7,10-12,14H2,(H,23,26)(H,24,25,27). The number of carbonyl (C=O) groups is 1. The van der Waals surface area contributed by atoms with E-state index < -0.39 is 0 Å². The summed E-state index contributed by atoms with van der Waals surface area (Å²) in [5.74, 6) is 1.04. The number of nitrogens with one attached hydrogen (secondary N) is 2. The minimum atomic E-state index is -0.192. The number of aromatic amines is 1. The molecule has 3 aromatic rings. The van der Waals surface area contributed by atoms with Crippen molar-refractivity contribution in [2.45, 2.75) is 31.8 Å². The van der Waals surface area contributed by atoms with Gasteiger partial charge in [0, 0.05) is 31.2 Å². The number of hydrogen-bond donors (Lipinski definition) is 2. The van der Waals surface area contributed by atoms with Gasteiger partial charge in [0.05, 0.1) is 17.0 Å². The third kappa shape index (κ3) is 5.00. The molecule has 0 bridgehead atoms. The van der Waals surface area contributed by atoms with E-state index in [1.807, 2.05) is 24.3 Å². The van der Waals surface area contributed by atoms with E-state index in [4.69, 9.17) is 9.47 Å². The Morgan fingerprint density at radius 1 is 1.24 bits per heavy atom. The number of aromatic nitrogens is 2. The molecule has 2 aromatic carbocycles. The molecule has 0 radical (unpaired) electrons. The third-order valence-corrected chi connectivity index (χ3v) is 4.83. The van der Waals surface area contributed by atoms with Crippen molar-refractivity contribution in [1.29, 1.82) is 0 Å². The van der Waals surface area contributed by atoms with Crippen LogP contribution in [-0.2, 0) is 16.0 Å². The fourth-order valence-electron chi connectivity index (χ4n) is 3.34. The van der Waals surface area contributed by atoms with Crippen LogP contribution in [0.3, 0.4) is 0 Å². The van der Waals surface area contributed by atoms with Crippen LogP contribution in [-0.4, -0.2) is 35.2 Å². The lowest BCUT2D eigenvalue weighted by Crippen LogP contribution is -2.17. The number of aryl methyl sites for hydroxylation is 1. The summed E-state index contributed by atoms with van der Waals surface area (Å²) in [5, 5.41) is 3.40. The fraction of sp³-hybridized carbons (Fsp3) is 0.318. The van der Waals surface area contributed by atoms with Crippen LogP contribution in [0.5, 0.6) is 5.75 Å². The summed E-state index contributed by atoms with van der Waals surface area (Å²) in [4.78, 5) is 31.6. The quantitative estimate of drug-likeness (QED) is 0.644. The normalized spacial score (nSPS) is 16.1. The predicted molar refractivity (Wildman–Crippen MR) is 110 cm³/mol. The van der Waals surface area contributed by atoms with Crippen molar-refractivity contribution < 1.29 is 14.3 Å². The van der Waals surface area contributed by atoms with Crippen molar-refractivity contribution in [2.75, 3.05) is 18.5 Å². The molecule has 1 aromatic heterocycles. The first-order chi connectivity index (χ1) is 14.2. The molecule has 2 heterocycles. The summed E-state index contributed by atoms with van der Waals surface area (Å²) in [6, 6.07) is 14.4. The molecule has 1 fully saturated rings. The van der Waals surface area contributed by atoms with Crippen LogP contribution in [0, 0.1) is 0 Å². The monoisotopic (exact) mass is 393 g/mol. The summed E-state index contributed by atoms with van der Waals surface area (Å²) in [6.07, 6.45) is 2.79. The van der Waals surface area contributed by atoms with E-state index in [9.17, 15) is 9.59 Å². The summed E-state index contributed by atoms with van der Waals surface area (Å²) < 4.78 is 11.3. The number of amides is 1. The fourth-order valence-corrected chi connectivity index (χ4v) is 3.34. The predicted octanol–water partition coefficient (Wildman–Crippen LogP) is 3.05. The lowest BCUT2D eigenvalue weighted by Gasteiger charge is -2.12. The average Bonchev–Trinajstić information content (AvgIpc) is 3.25. The Morgan fingerprint density at radius 2 is 2.14 bits per heavy atom. The topological polar surface area (TPSA) is 93.3 Å². The molecule has 0 spiro atoms. The zero-order valence-electron chi connectivity index (χ0n) is 16.0. The third-order valence-electron chi connectivity index (χ3n) is 4.83. The highest BCUT2D eigenvalue weighted by Gasteiger charge is 2.16. The second-order valence-electron chi connectivity index (χ2n) is 7.05. The van der Waals surface area contributed by atoms with Gasteiger partial charge in [-0.3, -0.25) is 9.59 Å². The first kappa shape index (κ1) is 19.1. The van der Waals surface area contributed by atoms with Crippen LogP contribution in [0.2, 0.25) is 0 Å². The van der Waals surface area contributed by atoms with Gasteiger partial charge in [-0.1, -0.05) is 18.2 Å². The van der Waals surface area contributed by atoms with Gasteiger partial charge in [-0.2, -0.15) is 0 Å². The Labute approximate surface area is 168 Å². The van der Waals surface area contributed by atoms with Crippen molar-refractivity contribution in [2.24, 2.45) is 0 Å². The second-order valence-corrected chi connectivity index (χ2v) is 7.05. The number of ether oxygens (including phenoxy) is 2. The number of nitrogens with zero attached hydrogens (tertiary/aromatic N) is 1. The number of para-hydroxylation sites is 1. The van der Waals surface area contributed by atoms with Crippen molar-refractivity contribution in [3.8, 4) is 5.75 Å². The Hall–Kier alpha value is -3.19. The maximum absolute atomic E-state index is 12.3. The lowest BCUT2D eigenvalue weighted by molar-refractivity contribution is -0.116. The summed E-state index contributed by atoms with van der Waals surface area (Å²) in [5.41, 5.74) is 1.10. The van der Waals surface area contributed by atoms with Gasteiger partial charge in [-0.05, 0) is 37.1 Å². The van der Waals surface area contributed by atoms with Gasteiger partial charge in [-0.25, -0.2) is 4.98 Å². The molecule has 150 valence electrons. The van der Waals surface area contributed by atoms with Gasteiger partial charge in [-0.15, -0.1) is 0 Å². The van der Waals surface area contributed by atoms with E-state index in [2.05, 4.69) is 15.3 Å². The van der Waals surface area contributed by atoms with Gasteiger partial charge in [0.1, 0.15) is 18.2 Å². The SMILES string of the molecule is O=C(CCc1nc2ccccc2c(=O)[nH]1)Nc1cccc(OCC2CCCO2)c1. The number of benzene rings is 2. The van der Waals surface area contributed by atoms with Gasteiger partial charge < -0.3 is 19.8 Å². The molecule has 1 aliphatic rings. The van der Waals surface area contributed by atoms with E-state index in [0.717, 1.165) is 19.4 Å². The molecule has 1 aliphatic heterocycles. The lowest BCUT2D eigenvalue weighted by atomic mass is 10.2. The van der Waals surface area contributed by atoms with Gasteiger partial charge in [0.15, 0.2) is 0 Å². The molecule has 0 saturated carbocycles. The first-order valence-corrected chi connectivity index (χ1v) is 9.79. The molecule has 7 heteroatoms. The number of rotatable bonds is 7. The van der Waals surface area contributed by atoms with E-state index in [-0.39, 0.29) is 24.0 Å². The molecule has 1 atom stereocenters. The molecule has 7 nitrogen and oxygen atoms in total. The highest BCUT2D eigenvalue weighted by molar-refractivity contribution is 5.91. The van der Waals surface area contributed by atoms with E-state index in [0.29, 0.717) is 41.2 Å². The van der Waals surface area contributed by atoms with Crippen LogP contribution < -0.4 is 15.6 Å². The highest BCUT2D eigenvalue weighted by atomic mass is 16.5. The van der Waals surface area contributed by atoms with E-state index >= 15 is 0 Å². The minimum absolute atomic E-state index is 0.143. The van der Waals surface area contributed by atoms with Crippen LogP contribution in [0.25, 0.3) is 10.9 Å². The summed E-state index contributed by atoms with van der Waals surface area (Å²) in [7, 11) is 0. The Kier molecular flexibility index (Phi) is 5.86. The number of hydrogen-bond acceptors (Lipinski definition) is 5. The van der Waals surface area contributed by atoms with Crippen LogP contribution in [0.1, 0.15) is 25.1 Å². The van der Waals surface area contributed by atoms with Crippen LogP contribution >= 0.6 is 0 Å². The Morgan fingerprint density at radius 3 is 3.00 bits per heavy atom. The molecule has 2 N–H and O–H groups in total. The van der Waals surface area contributed by atoms with Crippen molar-refractivity contribution in [3.63, 3.8) is 0 Å². The molecule has 0 aliphatic carbocycles. The zero-order valence-corrected chi connectivity index (χ0v) is 16.0. The summed E-state index contributed by atoms with van der Waals surface area (Å²) in [6.45, 7) is 1.31. The molecule has 1 amide bonds. The largest absolute Gasteiger partial charge is 0.491 e.